The summed E-state index contributed by atoms with van der Waals surface area (Å²) >= 11 is 5.55. The Labute approximate surface area is 111 Å². The molecule has 2 aromatic rings. The van der Waals surface area contributed by atoms with Crippen molar-refractivity contribution >= 4 is 23.2 Å². The van der Waals surface area contributed by atoms with Crippen LogP contribution in [-0.4, -0.2) is 10.9 Å². The number of rotatable bonds is 2. The lowest BCUT2D eigenvalue weighted by Gasteiger charge is -2.07. The van der Waals surface area contributed by atoms with E-state index in [2.05, 4.69) is 10.3 Å². The Morgan fingerprint density at radius 3 is 2.47 bits per heavy atom. The van der Waals surface area contributed by atoms with Gasteiger partial charge in [0.2, 0.25) is 0 Å². The smallest absolute Gasteiger partial charge is 0.257 e. The lowest BCUT2D eigenvalue weighted by atomic mass is 10.2. The number of nitrogens with zero attached hydrogens (tertiary/aromatic N) is 1. The molecular formula is C12H6ClF3N2O. The molecule has 0 aliphatic heterocycles. The Kier molecular flexibility index (Phi) is 3.71. The second-order valence-electron chi connectivity index (χ2n) is 3.55. The van der Waals surface area contributed by atoms with Gasteiger partial charge in [-0.3, -0.25) is 4.79 Å². The Balaban J connectivity index is 2.24. The maximum absolute atomic E-state index is 13.3. The van der Waals surface area contributed by atoms with Crippen LogP contribution in [0.15, 0.2) is 30.5 Å². The Hall–Kier alpha value is -2.08. The predicted octanol–water partition coefficient (Wildman–Crippen LogP) is 3.40. The summed E-state index contributed by atoms with van der Waals surface area (Å²) in [5, 5.41) is 2.30. The summed E-state index contributed by atoms with van der Waals surface area (Å²) in [6, 6.07) is 4.38. The van der Waals surface area contributed by atoms with Gasteiger partial charge in [0.05, 0.1) is 11.3 Å². The minimum atomic E-state index is -1.65. The first-order valence-electron chi connectivity index (χ1n) is 5.05. The number of pyridine rings is 1. The highest BCUT2D eigenvalue weighted by molar-refractivity contribution is 6.29. The van der Waals surface area contributed by atoms with Gasteiger partial charge < -0.3 is 5.32 Å². The van der Waals surface area contributed by atoms with Crippen LogP contribution < -0.4 is 5.32 Å². The first-order valence-corrected chi connectivity index (χ1v) is 5.43. The maximum atomic E-state index is 13.3. The molecule has 0 fully saturated rings. The highest BCUT2D eigenvalue weighted by Gasteiger charge is 2.16. The van der Waals surface area contributed by atoms with E-state index in [1.165, 1.54) is 18.3 Å². The van der Waals surface area contributed by atoms with E-state index in [-0.39, 0.29) is 10.7 Å². The predicted molar refractivity (Wildman–Crippen MR) is 63.5 cm³/mol. The molecule has 1 aromatic heterocycles. The first-order chi connectivity index (χ1) is 8.99. The zero-order chi connectivity index (χ0) is 14.0. The number of carbonyl (C=O) groups excluding carboxylic acids is 1. The number of aromatic nitrogens is 1. The number of anilines is 1. The van der Waals surface area contributed by atoms with E-state index in [1.807, 2.05) is 0 Å². The van der Waals surface area contributed by atoms with Gasteiger partial charge in [0, 0.05) is 6.20 Å². The van der Waals surface area contributed by atoms with Crippen LogP contribution in [0.4, 0.5) is 18.9 Å². The van der Waals surface area contributed by atoms with Crippen LogP contribution in [0.5, 0.6) is 0 Å². The number of benzene rings is 1. The molecule has 0 atom stereocenters. The number of halogens is 4. The van der Waals surface area contributed by atoms with Crippen molar-refractivity contribution in [2.24, 2.45) is 0 Å². The summed E-state index contributed by atoms with van der Waals surface area (Å²) in [4.78, 5) is 15.4. The minimum absolute atomic E-state index is 0.105. The molecule has 0 unspecified atom stereocenters. The summed E-state index contributed by atoms with van der Waals surface area (Å²) in [6.07, 6.45) is 1.18. The molecule has 1 N–H and O–H groups in total. The van der Waals surface area contributed by atoms with Crippen molar-refractivity contribution < 1.29 is 18.0 Å². The van der Waals surface area contributed by atoms with E-state index in [9.17, 15) is 18.0 Å². The van der Waals surface area contributed by atoms with Crippen LogP contribution in [0.25, 0.3) is 0 Å². The molecule has 0 aliphatic carbocycles. The normalized spacial score (nSPS) is 10.3. The molecule has 7 heteroatoms. The lowest BCUT2D eigenvalue weighted by molar-refractivity contribution is 0.102. The van der Waals surface area contributed by atoms with Gasteiger partial charge in [-0.15, -0.1) is 0 Å². The molecule has 98 valence electrons. The van der Waals surface area contributed by atoms with Crippen molar-refractivity contribution in [2.45, 2.75) is 0 Å². The molecule has 19 heavy (non-hydrogen) atoms. The van der Waals surface area contributed by atoms with Gasteiger partial charge in [-0.2, -0.15) is 0 Å². The monoisotopic (exact) mass is 286 g/mol. The highest BCUT2D eigenvalue weighted by Crippen LogP contribution is 2.20. The first kappa shape index (κ1) is 13.4. The molecule has 1 aromatic carbocycles. The molecule has 0 radical (unpaired) electrons. The minimum Gasteiger partial charge on any atom is -0.319 e. The lowest BCUT2D eigenvalue weighted by Crippen LogP contribution is -2.14. The van der Waals surface area contributed by atoms with Crippen LogP contribution >= 0.6 is 11.6 Å². The van der Waals surface area contributed by atoms with Gasteiger partial charge in [0.1, 0.15) is 5.15 Å². The van der Waals surface area contributed by atoms with Crippen molar-refractivity contribution in [1.29, 1.82) is 0 Å². The number of hydrogen-bond donors (Lipinski definition) is 1. The van der Waals surface area contributed by atoms with E-state index < -0.39 is 29.0 Å². The molecule has 3 nitrogen and oxygen atoms in total. The molecule has 2 rings (SSSR count). The second kappa shape index (κ2) is 5.27. The standard InChI is InChI=1S/C12H6ClF3N2O/c13-9-4-1-6(5-17-9)12(19)18-8-3-2-7(14)10(15)11(8)16/h1-5H,(H,18,19). The highest BCUT2D eigenvalue weighted by atomic mass is 35.5. The summed E-state index contributed by atoms with van der Waals surface area (Å²) < 4.78 is 39.0. The van der Waals surface area contributed by atoms with Gasteiger partial charge in [0.15, 0.2) is 17.5 Å². The third-order valence-corrected chi connectivity index (χ3v) is 2.50. The summed E-state index contributed by atoms with van der Waals surface area (Å²) in [5.74, 6) is -5.15. The third-order valence-electron chi connectivity index (χ3n) is 2.27. The largest absolute Gasteiger partial charge is 0.319 e. The van der Waals surface area contributed by atoms with Gasteiger partial charge in [-0.1, -0.05) is 11.6 Å². The molecule has 1 heterocycles. The van der Waals surface area contributed by atoms with Crippen molar-refractivity contribution in [2.75, 3.05) is 5.32 Å². The average molecular weight is 287 g/mol. The van der Waals surface area contributed by atoms with Crippen LogP contribution in [0.2, 0.25) is 5.15 Å². The van der Waals surface area contributed by atoms with Crippen LogP contribution in [0.3, 0.4) is 0 Å². The Bertz CT molecular complexity index is 632. The van der Waals surface area contributed by atoms with E-state index in [0.29, 0.717) is 6.07 Å². The molecule has 0 aliphatic rings. The SMILES string of the molecule is O=C(Nc1ccc(F)c(F)c1F)c1ccc(Cl)nc1. The molecule has 1 amide bonds. The van der Waals surface area contributed by atoms with Crippen molar-refractivity contribution in [3.8, 4) is 0 Å². The van der Waals surface area contributed by atoms with Crippen LogP contribution in [0.1, 0.15) is 10.4 Å². The van der Waals surface area contributed by atoms with E-state index in [4.69, 9.17) is 11.6 Å². The third kappa shape index (κ3) is 2.85. The number of nitrogens with one attached hydrogen (secondary N) is 1. The second-order valence-corrected chi connectivity index (χ2v) is 3.93. The Morgan fingerprint density at radius 1 is 1.11 bits per heavy atom. The Morgan fingerprint density at radius 2 is 1.84 bits per heavy atom. The molecule has 0 saturated carbocycles. The van der Waals surface area contributed by atoms with E-state index in [1.54, 1.807) is 0 Å². The quantitative estimate of drug-likeness (QED) is 0.679. The van der Waals surface area contributed by atoms with Gasteiger partial charge >= 0.3 is 0 Å². The van der Waals surface area contributed by atoms with Gasteiger partial charge in [-0.05, 0) is 24.3 Å². The summed E-state index contributed by atoms with van der Waals surface area (Å²) in [6.45, 7) is 0. The van der Waals surface area contributed by atoms with Gasteiger partial charge in [-0.25, -0.2) is 18.2 Å². The van der Waals surface area contributed by atoms with E-state index in [0.717, 1.165) is 6.07 Å². The number of carbonyl (C=O) groups is 1. The van der Waals surface area contributed by atoms with Crippen molar-refractivity contribution in [1.82, 2.24) is 4.98 Å². The molecule has 0 spiro atoms. The maximum Gasteiger partial charge on any atom is 0.257 e. The molecule has 0 saturated heterocycles. The fraction of sp³-hybridized carbons (Fsp3) is 0. The van der Waals surface area contributed by atoms with Crippen molar-refractivity contribution in [3.63, 3.8) is 0 Å². The summed E-state index contributed by atoms with van der Waals surface area (Å²) in [5.41, 5.74) is -0.354. The van der Waals surface area contributed by atoms with Crippen LogP contribution in [0, 0.1) is 17.5 Å². The van der Waals surface area contributed by atoms with Crippen LogP contribution in [-0.2, 0) is 0 Å². The fourth-order valence-electron chi connectivity index (χ4n) is 1.33. The van der Waals surface area contributed by atoms with E-state index >= 15 is 0 Å². The average Bonchev–Trinajstić information content (AvgIpc) is 2.40. The van der Waals surface area contributed by atoms with Crippen molar-refractivity contribution in [3.05, 3.63) is 58.6 Å². The fourth-order valence-corrected chi connectivity index (χ4v) is 1.44. The zero-order valence-corrected chi connectivity index (χ0v) is 10.0. The molecule has 0 bridgehead atoms. The summed E-state index contributed by atoms with van der Waals surface area (Å²) in [7, 11) is 0. The van der Waals surface area contributed by atoms with Gasteiger partial charge in [0.25, 0.3) is 5.91 Å². The number of amides is 1. The molecular weight excluding hydrogens is 281 g/mol. The zero-order valence-electron chi connectivity index (χ0n) is 9.25. The number of hydrogen-bond acceptors (Lipinski definition) is 2. The topological polar surface area (TPSA) is 42.0 Å².